The Balaban J connectivity index is 0.00000306. The summed E-state index contributed by atoms with van der Waals surface area (Å²) in [5, 5.41) is 5.25. The largest absolute Gasteiger partial charge is 0.495 e. The Labute approximate surface area is 205 Å². The van der Waals surface area contributed by atoms with Crippen LogP contribution in [-0.4, -0.2) is 70.5 Å². The number of fused-ring (bicyclic) bond motifs is 1. The summed E-state index contributed by atoms with van der Waals surface area (Å²) in [6, 6.07) is 10.9. The lowest BCUT2D eigenvalue weighted by molar-refractivity contribution is 0.0770. The van der Waals surface area contributed by atoms with Gasteiger partial charge in [-0.3, -0.25) is 9.69 Å². The fourth-order valence-corrected chi connectivity index (χ4v) is 5.48. The number of carbonyl (C=O) groups excluding carboxylic acids is 1. The van der Waals surface area contributed by atoms with Crippen LogP contribution >= 0.6 is 24.0 Å². The van der Waals surface area contributed by atoms with Crippen molar-refractivity contribution in [3.8, 4) is 5.75 Å². The number of amides is 1. The molecule has 2 aliphatic rings. The molecule has 0 aromatic heterocycles. The van der Waals surface area contributed by atoms with Crippen molar-refractivity contribution in [2.75, 3.05) is 51.3 Å². The molecule has 0 unspecified atom stereocenters. The molecular formula is C22H28Cl2N4O4S. The maximum atomic E-state index is 12.7. The predicted molar refractivity (Wildman–Crippen MR) is 131 cm³/mol. The highest BCUT2D eigenvalue weighted by atomic mass is 35.5. The minimum Gasteiger partial charge on any atom is -0.495 e. The third-order valence-corrected chi connectivity index (χ3v) is 7.42. The number of methoxy groups -OCH3 is 1. The molecule has 0 atom stereocenters. The highest BCUT2D eigenvalue weighted by molar-refractivity contribution is 7.89. The van der Waals surface area contributed by atoms with Crippen LogP contribution in [0.4, 0.5) is 5.69 Å². The summed E-state index contributed by atoms with van der Waals surface area (Å²) in [6.07, 6.45) is 0.837. The van der Waals surface area contributed by atoms with Gasteiger partial charge in [-0.1, -0.05) is 23.7 Å². The van der Waals surface area contributed by atoms with Gasteiger partial charge >= 0.3 is 0 Å². The second-order valence-corrected chi connectivity index (χ2v) is 10.0. The fraction of sp³-hybridized carbons (Fsp3) is 0.409. The Morgan fingerprint density at radius 3 is 2.45 bits per heavy atom. The van der Waals surface area contributed by atoms with Gasteiger partial charge in [0.2, 0.25) is 10.0 Å². The Morgan fingerprint density at radius 2 is 1.79 bits per heavy atom. The number of ether oxygens (including phenoxy) is 1. The molecule has 2 aromatic carbocycles. The molecule has 1 saturated heterocycles. The van der Waals surface area contributed by atoms with Crippen LogP contribution in [0.15, 0.2) is 41.3 Å². The predicted octanol–water partition coefficient (Wildman–Crippen LogP) is 2.59. The van der Waals surface area contributed by atoms with Crippen LogP contribution in [0, 0.1) is 0 Å². The minimum atomic E-state index is -3.98. The van der Waals surface area contributed by atoms with Crippen molar-refractivity contribution in [1.82, 2.24) is 9.80 Å². The van der Waals surface area contributed by atoms with Crippen LogP contribution in [0.25, 0.3) is 0 Å². The first kappa shape index (κ1) is 25.6. The number of halogens is 2. The van der Waals surface area contributed by atoms with E-state index in [1.165, 1.54) is 12.1 Å². The van der Waals surface area contributed by atoms with Crippen LogP contribution in [0.2, 0.25) is 5.02 Å². The Morgan fingerprint density at radius 1 is 1.09 bits per heavy atom. The van der Waals surface area contributed by atoms with Crippen molar-refractivity contribution < 1.29 is 17.9 Å². The number of rotatable bonds is 7. The average Bonchev–Trinajstić information content (AvgIpc) is 3.07. The summed E-state index contributed by atoms with van der Waals surface area (Å²) in [5.74, 6) is 0.710. The number of piperazine rings is 1. The summed E-state index contributed by atoms with van der Waals surface area (Å²) >= 11 is 6.06. The minimum absolute atomic E-state index is 0. The molecule has 33 heavy (non-hydrogen) atoms. The molecule has 2 aromatic rings. The fourth-order valence-electron chi connectivity index (χ4n) is 4.36. The van der Waals surface area contributed by atoms with Crippen molar-refractivity contribution in [3.05, 3.63) is 52.5 Å². The van der Waals surface area contributed by atoms with E-state index in [1.807, 2.05) is 18.2 Å². The number of primary sulfonamides is 1. The van der Waals surface area contributed by atoms with Crippen molar-refractivity contribution in [2.24, 2.45) is 5.14 Å². The van der Waals surface area contributed by atoms with E-state index in [9.17, 15) is 13.2 Å². The molecule has 0 radical (unpaired) electrons. The maximum Gasteiger partial charge on any atom is 0.254 e. The van der Waals surface area contributed by atoms with E-state index in [-0.39, 0.29) is 28.2 Å². The van der Waals surface area contributed by atoms with Gasteiger partial charge in [0.25, 0.3) is 5.91 Å². The molecule has 1 fully saturated rings. The topological polar surface area (TPSA) is 96.2 Å². The number of nitrogens with two attached hydrogens (primary N) is 1. The van der Waals surface area contributed by atoms with E-state index in [2.05, 4.69) is 15.9 Å². The first-order chi connectivity index (χ1) is 15.3. The summed E-state index contributed by atoms with van der Waals surface area (Å²) < 4.78 is 28.9. The van der Waals surface area contributed by atoms with Crippen molar-refractivity contribution in [2.45, 2.75) is 17.9 Å². The zero-order chi connectivity index (χ0) is 22.9. The lowest BCUT2D eigenvalue weighted by atomic mass is 10.1. The number of benzene rings is 2. The highest BCUT2D eigenvalue weighted by Crippen LogP contribution is 2.31. The van der Waals surface area contributed by atoms with Crippen LogP contribution in [0.5, 0.6) is 5.75 Å². The van der Waals surface area contributed by atoms with E-state index in [1.54, 1.807) is 12.0 Å². The number of nitrogens with zero attached hydrogens (tertiary/aromatic N) is 3. The van der Waals surface area contributed by atoms with Crippen LogP contribution < -0.4 is 14.8 Å². The van der Waals surface area contributed by atoms with Gasteiger partial charge in [-0.15, -0.1) is 12.4 Å². The van der Waals surface area contributed by atoms with Gasteiger partial charge in [-0.2, -0.15) is 0 Å². The summed E-state index contributed by atoms with van der Waals surface area (Å²) in [6.45, 7) is 5.65. The smallest absolute Gasteiger partial charge is 0.254 e. The van der Waals surface area contributed by atoms with E-state index in [0.29, 0.717) is 18.7 Å². The second-order valence-electron chi connectivity index (χ2n) is 8.07. The van der Waals surface area contributed by atoms with Gasteiger partial charge in [0.1, 0.15) is 10.6 Å². The number of para-hydroxylation sites is 2. The first-order valence-electron chi connectivity index (χ1n) is 10.5. The summed E-state index contributed by atoms with van der Waals surface area (Å²) in [4.78, 5) is 19.0. The molecule has 2 heterocycles. The molecule has 0 aliphatic carbocycles. The molecule has 0 spiro atoms. The molecule has 11 heteroatoms. The van der Waals surface area contributed by atoms with Gasteiger partial charge < -0.3 is 14.5 Å². The maximum absolute atomic E-state index is 12.7. The standard InChI is InChI=1S/C22H27ClN4O4S.ClH/c1-31-20-6-3-2-5-19(20)26-11-9-25(10-12-26)7-4-8-27-15-16-13-18(23)21(32(24,29)30)14-17(16)22(27)28;/h2-3,5-6,13-14H,4,7-12,15H2,1H3,(H2,24,29,30);1H. The second kappa shape index (κ2) is 10.5. The third kappa shape index (κ3) is 5.55. The van der Waals surface area contributed by atoms with Crippen LogP contribution in [0.3, 0.4) is 0 Å². The van der Waals surface area contributed by atoms with E-state index in [0.717, 1.165) is 56.1 Å². The normalized spacial score (nSPS) is 16.5. The molecule has 2 N–H and O–H groups in total. The lowest BCUT2D eigenvalue weighted by Gasteiger charge is -2.36. The quantitative estimate of drug-likeness (QED) is 0.609. The number of anilines is 1. The van der Waals surface area contributed by atoms with Crippen molar-refractivity contribution >= 4 is 45.6 Å². The molecule has 4 rings (SSSR count). The lowest BCUT2D eigenvalue weighted by Crippen LogP contribution is -2.47. The molecule has 0 saturated carbocycles. The van der Waals surface area contributed by atoms with Crippen LogP contribution in [0.1, 0.15) is 22.3 Å². The number of sulfonamides is 1. The van der Waals surface area contributed by atoms with Gasteiger partial charge in [0, 0.05) is 44.8 Å². The zero-order valence-corrected chi connectivity index (χ0v) is 20.8. The number of hydrogen-bond donors (Lipinski definition) is 1. The Kier molecular flexibility index (Phi) is 8.13. The molecule has 0 bridgehead atoms. The van der Waals surface area contributed by atoms with E-state index < -0.39 is 10.0 Å². The zero-order valence-electron chi connectivity index (χ0n) is 18.4. The van der Waals surface area contributed by atoms with Crippen molar-refractivity contribution in [3.63, 3.8) is 0 Å². The molecule has 8 nitrogen and oxygen atoms in total. The molecular weight excluding hydrogens is 487 g/mol. The van der Waals surface area contributed by atoms with Crippen LogP contribution in [-0.2, 0) is 16.6 Å². The average molecular weight is 515 g/mol. The van der Waals surface area contributed by atoms with E-state index >= 15 is 0 Å². The molecule has 1 amide bonds. The van der Waals surface area contributed by atoms with E-state index in [4.69, 9.17) is 21.5 Å². The molecule has 2 aliphatic heterocycles. The highest BCUT2D eigenvalue weighted by Gasteiger charge is 2.30. The first-order valence-corrected chi connectivity index (χ1v) is 12.4. The monoisotopic (exact) mass is 514 g/mol. The Bertz CT molecular complexity index is 1120. The van der Waals surface area contributed by atoms with Gasteiger partial charge in [-0.05, 0) is 42.8 Å². The number of hydrogen-bond acceptors (Lipinski definition) is 6. The summed E-state index contributed by atoms with van der Waals surface area (Å²) in [5.41, 5.74) is 2.22. The van der Waals surface area contributed by atoms with Gasteiger partial charge in [0.05, 0.1) is 17.8 Å². The third-order valence-electron chi connectivity index (χ3n) is 6.04. The number of carbonyl (C=O) groups is 1. The van der Waals surface area contributed by atoms with Gasteiger partial charge in [0.15, 0.2) is 0 Å². The molecule has 180 valence electrons. The SMILES string of the molecule is COc1ccccc1N1CCN(CCCN2Cc3cc(Cl)c(S(N)(=O)=O)cc3C2=O)CC1.Cl. The van der Waals surface area contributed by atoms with Gasteiger partial charge in [-0.25, -0.2) is 13.6 Å². The summed E-state index contributed by atoms with van der Waals surface area (Å²) in [7, 11) is -2.29. The van der Waals surface area contributed by atoms with Crippen molar-refractivity contribution in [1.29, 1.82) is 0 Å². The Hall–Kier alpha value is -2.04.